The molecular weight excluding hydrogens is 665 g/mol. The molecule has 0 bridgehead atoms. The first-order valence-electron chi connectivity index (χ1n) is 17.5. The van der Waals surface area contributed by atoms with Crippen LogP contribution in [0.2, 0.25) is 18.1 Å². The Labute approximate surface area is 301 Å². The van der Waals surface area contributed by atoms with Gasteiger partial charge in [0.15, 0.2) is 6.10 Å². The highest BCUT2D eigenvalue weighted by Gasteiger charge is 2.47. The average molecular weight is 715 g/mol. The summed E-state index contributed by atoms with van der Waals surface area (Å²) < 4.78 is 29.9. The molecule has 0 radical (unpaired) electrons. The van der Waals surface area contributed by atoms with Crippen molar-refractivity contribution in [2.24, 2.45) is 5.92 Å². The van der Waals surface area contributed by atoms with Crippen LogP contribution in [0, 0.1) is 12.8 Å². The lowest BCUT2D eigenvalue weighted by Crippen LogP contribution is -2.49. The number of aryl methyl sites for hydroxylation is 1. The van der Waals surface area contributed by atoms with E-state index in [1.165, 1.54) is 7.11 Å². The van der Waals surface area contributed by atoms with Crippen LogP contribution < -0.4 is 9.16 Å². The number of carbonyl (C=O) groups excluding carboxylic acids is 2. The van der Waals surface area contributed by atoms with Crippen LogP contribution in [0.1, 0.15) is 56.4 Å². The molecule has 5 rings (SSSR count). The Morgan fingerprint density at radius 3 is 2.37 bits per heavy atom. The number of carbonyl (C=O) groups is 2. The number of imide groups is 1. The number of aliphatic hydroxyl groups excluding tert-OH is 1. The molecule has 3 atom stereocenters. The summed E-state index contributed by atoms with van der Waals surface area (Å²) in [5.41, 5.74) is 3.02. The van der Waals surface area contributed by atoms with Crippen molar-refractivity contribution in [1.82, 2.24) is 9.88 Å². The Morgan fingerprint density at radius 1 is 1.06 bits per heavy atom. The number of benzene rings is 3. The number of amides is 2. The molecule has 1 aromatic heterocycles. The molecule has 0 aliphatic carbocycles. The molecule has 1 fully saturated rings. The van der Waals surface area contributed by atoms with E-state index in [4.69, 9.17) is 23.1 Å². The average Bonchev–Trinajstić information content (AvgIpc) is 3.66. The van der Waals surface area contributed by atoms with E-state index in [0.29, 0.717) is 48.3 Å². The zero-order valence-corrected chi connectivity index (χ0v) is 31.8. The summed E-state index contributed by atoms with van der Waals surface area (Å²) in [7, 11) is -1.18. The van der Waals surface area contributed by atoms with Gasteiger partial charge in [-0.15, -0.1) is 0 Å². The molecule has 1 aliphatic rings. The Hall–Kier alpha value is -4.45. The number of hydrogen-bond donors (Lipinski definition) is 1. The molecule has 272 valence electrons. The molecule has 11 heteroatoms. The highest BCUT2D eigenvalue weighted by atomic mass is 28.4. The van der Waals surface area contributed by atoms with Gasteiger partial charge in [-0.1, -0.05) is 76.2 Å². The largest absolute Gasteiger partial charge is 0.543 e. The first-order valence-corrected chi connectivity index (χ1v) is 20.4. The lowest BCUT2D eigenvalue weighted by atomic mass is 9.99. The molecule has 3 aromatic carbocycles. The Kier molecular flexibility index (Phi) is 11.7. The van der Waals surface area contributed by atoms with Crippen LogP contribution in [0.3, 0.4) is 0 Å². The predicted octanol–water partition coefficient (Wildman–Crippen LogP) is 7.93. The Morgan fingerprint density at radius 2 is 1.73 bits per heavy atom. The molecule has 2 amide bonds. The lowest BCUT2D eigenvalue weighted by Gasteiger charge is -2.43. The van der Waals surface area contributed by atoms with Gasteiger partial charge in [0.2, 0.25) is 5.89 Å². The maximum atomic E-state index is 14.0. The smallest absolute Gasteiger partial charge is 0.417 e. The van der Waals surface area contributed by atoms with Gasteiger partial charge in [0, 0.05) is 30.7 Å². The fourth-order valence-corrected chi connectivity index (χ4v) is 8.48. The maximum Gasteiger partial charge on any atom is 0.417 e. The molecule has 4 aromatic rings. The Bertz CT molecular complexity index is 1790. The van der Waals surface area contributed by atoms with Gasteiger partial charge in [0.1, 0.15) is 30.0 Å². The van der Waals surface area contributed by atoms with Crippen molar-refractivity contribution in [3.8, 4) is 23.0 Å². The van der Waals surface area contributed by atoms with E-state index in [1.807, 2.05) is 67.6 Å². The van der Waals surface area contributed by atoms with Crippen molar-refractivity contribution < 1.29 is 37.7 Å². The van der Waals surface area contributed by atoms with Crippen LogP contribution in [-0.2, 0) is 27.1 Å². The van der Waals surface area contributed by atoms with Gasteiger partial charge in [-0.05, 0) is 67.2 Å². The molecule has 0 saturated carbocycles. The maximum absolute atomic E-state index is 14.0. The zero-order valence-electron chi connectivity index (χ0n) is 30.8. The third-order valence-corrected chi connectivity index (χ3v) is 14.9. The summed E-state index contributed by atoms with van der Waals surface area (Å²) in [5, 5.41) is 11.7. The predicted molar refractivity (Wildman–Crippen MR) is 197 cm³/mol. The van der Waals surface area contributed by atoms with Crippen molar-refractivity contribution >= 4 is 20.3 Å². The minimum absolute atomic E-state index is 0.0535. The van der Waals surface area contributed by atoms with E-state index in [2.05, 4.69) is 45.8 Å². The number of ether oxygens (including phenoxy) is 3. The van der Waals surface area contributed by atoms with Crippen LogP contribution in [0.4, 0.5) is 4.79 Å². The van der Waals surface area contributed by atoms with Gasteiger partial charge in [0.25, 0.3) is 14.2 Å². The van der Waals surface area contributed by atoms with Crippen LogP contribution in [0.5, 0.6) is 11.5 Å². The first kappa shape index (κ1) is 37.8. The quantitative estimate of drug-likeness (QED) is 0.122. The monoisotopic (exact) mass is 714 g/mol. The summed E-state index contributed by atoms with van der Waals surface area (Å²) in [5.74, 6) is 1.85. The fraction of sp³-hybridized carbons (Fsp3) is 0.425. The number of oxazole rings is 1. The SMILES string of the molecule is CO[C@H](C(=O)N1C(=O)OCC1Cc1ccccc1)[C@H](O)c1ccc(OCCc2nc(-c3ccccc3)oc2C)cc1O[Si](C)(C)C(C)(C)C(C)C. The van der Waals surface area contributed by atoms with Crippen LogP contribution in [-0.4, -0.2) is 67.8 Å². The molecule has 1 aliphatic heterocycles. The van der Waals surface area contributed by atoms with Gasteiger partial charge in [0.05, 0.1) is 18.3 Å². The molecular formula is C40H50N2O8Si. The van der Waals surface area contributed by atoms with Crippen molar-refractivity contribution in [3.63, 3.8) is 0 Å². The van der Waals surface area contributed by atoms with E-state index >= 15 is 0 Å². The molecule has 1 saturated heterocycles. The number of aliphatic hydroxyl groups is 1. The van der Waals surface area contributed by atoms with E-state index in [1.54, 1.807) is 18.2 Å². The molecule has 1 unspecified atom stereocenters. The third kappa shape index (κ3) is 8.38. The van der Waals surface area contributed by atoms with Gasteiger partial charge in [-0.3, -0.25) is 4.79 Å². The van der Waals surface area contributed by atoms with Crippen molar-refractivity contribution in [2.45, 2.75) is 83.8 Å². The van der Waals surface area contributed by atoms with E-state index < -0.39 is 38.6 Å². The molecule has 0 spiro atoms. The molecule has 51 heavy (non-hydrogen) atoms. The van der Waals surface area contributed by atoms with Gasteiger partial charge < -0.3 is 28.2 Å². The summed E-state index contributed by atoms with van der Waals surface area (Å²) in [4.78, 5) is 32.6. The standard InChI is InChI=1S/C40H50N2O8Si/c1-26(2)40(4,5)51(7,8)50-34-24-31(47-22-21-33-27(3)49-37(41-33)29-17-13-10-14-18-29)19-20-32(34)35(43)36(46-6)38(44)42-30(25-48-39(42)45)23-28-15-11-9-12-16-28/h9-20,24,26,30,35-36,43H,21-23,25H2,1-8H3/t30?,35-,36+/m1/s1. The second-order valence-electron chi connectivity index (χ2n) is 14.4. The number of rotatable bonds is 15. The third-order valence-electron chi connectivity index (χ3n) is 10.5. The van der Waals surface area contributed by atoms with Gasteiger partial charge >= 0.3 is 6.09 Å². The highest BCUT2D eigenvalue weighted by Crippen LogP contribution is 2.46. The second-order valence-corrected chi connectivity index (χ2v) is 18.9. The number of methoxy groups -OCH3 is 1. The first-order chi connectivity index (χ1) is 24.2. The second kappa shape index (κ2) is 15.8. The number of hydrogen-bond acceptors (Lipinski definition) is 9. The van der Waals surface area contributed by atoms with Crippen molar-refractivity contribution in [3.05, 3.63) is 101 Å². The molecule has 10 nitrogen and oxygen atoms in total. The highest BCUT2D eigenvalue weighted by molar-refractivity contribution is 6.75. The summed E-state index contributed by atoms with van der Waals surface area (Å²) in [6.45, 7) is 15.3. The van der Waals surface area contributed by atoms with E-state index in [0.717, 1.165) is 27.5 Å². The van der Waals surface area contributed by atoms with E-state index in [-0.39, 0.29) is 11.6 Å². The van der Waals surface area contributed by atoms with Crippen LogP contribution in [0.25, 0.3) is 11.5 Å². The molecule has 1 N–H and O–H groups in total. The number of aromatic nitrogens is 1. The topological polar surface area (TPSA) is 121 Å². The van der Waals surface area contributed by atoms with Crippen molar-refractivity contribution in [1.29, 1.82) is 0 Å². The fourth-order valence-electron chi connectivity index (χ4n) is 6.10. The Balaban J connectivity index is 1.39. The summed E-state index contributed by atoms with van der Waals surface area (Å²) >= 11 is 0. The minimum Gasteiger partial charge on any atom is -0.543 e. The normalized spacial score (nSPS) is 16.2. The van der Waals surface area contributed by atoms with Crippen LogP contribution >= 0.6 is 0 Å². The number of cyclic esters (lactones) is 1. The minimum atomic E-state index is -2.52. The van der Waals surface area contributed by atoms with Gasteiger partial charge in [-0.2, -0.15) is 0 Å². The van der Waals surface area contributed by atoms with Gasteiger partial charge in [-0.25, -0.2) is 14.7 Å². The van der Waals surface area contributed by atoms with Crippen LogP contribution in [0.15, 0.2) is 83.3 Å². The summed E-state index contributed by atoms with van der Waals surface area (Å²) in [6, 6.07) is 24.0. The summed E-state index contributed by atoms with van der Waals surface area (Å²) in [6.07, 6.45) is -2.70. The number of nitrogens with zero attached hydrogens (tertiary/aromatic N) is 2. The lowest BCUT2D eigenvalue weighted by molar-refractivity contribution is -0.147. The zero-order chi connectivity index (χ0) is 36.9. The van der Waals surface area contributed by atoms with E-state index in [9.17, 15) is 14.7 Å². The molecule has 2 heterocycles. The van der Waals surface area contributed by atoms with Crippen molar-refractivity contribution in [2.75, 3.05) is 20.3 Å².